The van der Waals surface area contributed by atoms with Gasteiger partial charge in [0, 0.05) is 33.2 Å². The molecule has 1 fully saturated rings. The third-order valence-corrected chi connectivity index (χ3v) is 2.28. The van der Waals surface area contributed by atoms with E-state index in [9.17, 15) is 4.79 Å². The van der Waals surface area contributed by atoms with Crippen molar-refractivity contribution in [3.63, 3.8) is 0 Å². The van der Waals surface area contributed by atoms with Crippen molar-refractivity contribution in [3.05, 3.63) is 0 Å². The minimum atomic E-state index is 0.0800. The fraction of sp³-hybridized carbons (Fsp3) is 0.900. The molecular formula is C10H20N2O2. The van der Waals surface area contributed by atoms with Gasteiger partial charge in [0.2, 0.25) is 5.91 Å². The Hall–Kier alpha value is -0.610. The molecule has 0 aromatic carbocycles. The zero-order valence-electron chi connectivity index (χ0n) is 8.84. The Kier molecular flexibility index (Phi) is 5.56. The van der Waals surface area contributed by atoms with Crippen LogP contribution in [0.15, 0.2) is 0 Å². The van der Waals surface area contributed by atoms with Crippen molar-refractivity contribution in [2.24, 2.45) is 5.92 Å². The molecule has 0 radical (unpaired) electrons. The van der Waals surface area contributed by atoms with Crippen LogP contribution in [0.5, 0.6) is 0 Å². The molecule has 82 valence electrons. The largest absolute Gasteiger partial charge is 0.380 e. The third-order valence-electron chi connectivity index (χ3n) is 2.28. The molecule has 1 amide bonds. The lowest BCUT2D eigenvalue weighted by molar-refractivity contribution is -0.120. The van der Waals surface area contributed by atoms with E-state index >= 15 is 0 Å². The lowest BCUT2D eigenvalue weighted by atomic mass is 10.4. The number of hydrogen-bond donors (Lipinski definition) is 2. The van der Waals surface area contributed by atoms with Gasteiger partial charge in [0.1, 0.15) is 0 Å². The lowest BCUT2D eigenvalue weighted by Gasteiger charge is -2.04. The number of nitrogens with one attached hydrogen (secondary N) is 2. The molecule has 4 heteroatoms. The summed E-state index contributed by atoms with van der Waals surface area (Å²) in [6.07, 6.45) is 3.22. The van der Waals surface area contributed by atoms with Crippen molar-refractivity contribution in [2.45, 2.75) is 19.3 Å². The highest BCUT2D eigenvalue weighted by Gasteiger charge is 2.20. The molecule has 1 saturated carbocycles. The summed E-state index contributed by atoms with van der Waals surface area (Å²) < 4.78 is 5.43. The van der Waals surface area contributed by atoms with Crippen LogP contribution in [-0.2, 0) is 9.53 Å². The minimum Gasteiger partial charge on any atom is -0.380 e. The molecule has 1 rings (SSSR count). The van der Waals surface area contributed by atoms with Crippen molar-refractivity contribution in [2.75, 3.05) is 33.4 Å². The van der Waals surface area contributed by atoms with Crippen LogP contribution in [0.3, 0.4) is 0 Å². The number of carbonyl (C=O) groups is 1. The highest BCUT2D eigenvalue weighted by Crippen LogP contribution is 2.28. The number of ether oxygens (including phenoxy) is 1. The summed E-state index contributed by atoms with van der Waals surface area (Å²) in [5.74, 6) is 0.914. The predicted molar refractivity (Wildman–Crippen MR) is 55.1 cm³/mol. The first-order valence-electron chi connectivity index (χ1n) is 5.32. The second-order valence-corrected chi connectivity index (χ2v) is 3.69. The number of hydrogen-bond acceptors (Lipinski definition) is 3. The first-order chi connectivity index (χ1) is 6.83. The van der Waals surface area contributed by atoms with Crippen molar-refractivity contribution in [1.29, 1.82) is 0 Å². The fourth-order valence-electron chi connectivity index (χ4n) is 1.13. The molecular weight excluding hydrogens is 180 g/mol. The average Bonchev–Trinajstić information content (AvgIpc) is 2.99. The van der Waals surface area contributed by atoms with Crippen LogP contribution in [0.2, 0.25) is 0 Å². The quantitative estimate of drug-likeness (QED) is 0.548. The third kappa shape index (κ3) is 5.94. The Morgan fingerprint density at radius 3 is 2.86 bits per heavy atom. The predicted octanol–water partition coefficient (Wildman–Crippen LogP) is 0.139. The molecule has 0 aromatic rings. The van der Waals surface area contributed by atoms with E-state index in [2.05, 4.69) is 10.6 Å². The van der Waals surface area contributed by atoms with Gasteiger partial charge in [0.25, 0.3) is 0 Å². The number of rotatable bonds is 8. The van der Waals surface area contributed by atoms with Crippen molar-refractivity contribution < 1.29 is 9.53 Å². The topological polar surface area (TPSA) is 50.4 Å². The first-order valence-corrected chi connectivity index (χ1v) is 5.32. The van der Waals surface area contributed by atoms with Crippen molar-refractivity contribution in [3.8, 4) is 0 Å². The number of amides is 1. The fourth-order valence-corrected chi connectivity index (χ4v) is 1.13. The molecule has 1 aliphatic rings. The molecule has 0 saturated heterocycles. The zero-order chi connectivity index (χ0) is 10.2. The summed E-state index contributed by atoms with van der Waals surface area (Å²) >= 11 is 0. The molecule has 1 aliphatic carbocycles. The molecule has 2 N–H and O–H groups in total. The lowest BCUT2D eigenvalue weighted by Crippen LogP contribution is -2.27. The van der Waals surface area contributed by atoms with E-state index in [0.29, 0.717) is 6.42 Å². The van der Waals surface area contributed by atoms with Gasteiger partial charge in [-0.1, -0.05) is 0 Å². The summed E-state index contributed by atoms with van der Waals surface area (Å²) in [4.78, 5) is 10.8. The molecule has 14 heavy (non-hydrogen) atoms. The Labute approximate surface area is 85.4 Å². The van der Waals surface area contributed by atoms with Gasteiger partial charge >= 0.3 is 0 Å². The van der Waals surface area contributed by atoms with Gasteiger partial charge in [-0.25, -0.2) is 0 Å². The zero-order valence-corrected chi connectivity index (χ0v) is 8.84. The maximum atomic E-state index is 10.8. The second kappa shape index (κ2) is 6.79. The smallest absolute Gasteiger partial charge is 0.221 e. The van der Waals surface area contributed by atoms with Gasteiger partial charge in [-0.2, -0.15) is 0 Å². The van der Waals surface area contributed by atoms with E-state index in [4.69, 9.17) is 4.74 Å². The van der Waals surface area contributed by atoms with E-state index in [1.54, 1.807) is 7.05 Å². The van der Waals surface area contributed by atoms with E-state index < -0.39 is 0 Å². The van der Waals surface area contributed by atoms with E-state index in [-0.39, 0.29) is 5.91 Å². The molecule has 0 unspecified atom stereocenters. The first kappa shape index (κ1) is 11.5. The highest BCUT2D eigenvalue weighted by molar-refractivity contribution is 5.75. The Bertz CT molecular complexity index is 170. The number of carbonyl (C=O) groups excluding carboxylic acids is 1. The Balaban J connectivity index is 1.72. The Morgan fingerprint density at radius 2 is 2.21 bits per heavy atom. The summed E-state index contributed by atoms with van der Waals surface area (Å²) in [5, 5.41) is 5.74. The van der Waals surface area contributed by atoms with Gasteiger partial charge in [-0.3, -0.25) is 4.79 Å². The maximum absolute atomic E-state index is 10.8. The maximum Gasteiger partial charge on any atom is 0.221 e. The van der Waals surface area contributed by atoms with Gasteiger partial charge in [-0.05, 0) is 18.8 Å². The second-order valence-electron chi connectivity index (χ2n) is 3.69. The van der Waals surface area contributed by atoms with E-state index in [1.807, 2.05) is 0 Å². The summed E-state index contributed by atoms with van der Waals surface area (Å²) in [6, 6.07) is 0. The highest BCUT2D eigenvalue weighted by atomic mass is 16.5. The SMILES string of the molecule is CNC(=O)CCNCCOCC1CC1. The molecule has 0 aromatic heterocycles. The van der Waals surface area contributed by atoms with Crippen LogP contribution in [-0.4, -0.2) is 39.3 Å². The van der Waals surface area contributed by atoms with Crippen LogP contribution < -0.4 is 10.6 Å². The normalized spacial score (nSPS) is 15.5. The van der Waals surface area contributed by atoms with Crippen LogP contribution >= 0.6 is 0 Å². The average molecular weight is 200 g/mol. The molecule has 4 nitrogen and oxygen atoms in total. The standard InChI is InChI=1S/C10H20N2O2/c1-11-10(13)4-5-12-6-7-14-8-9-2-3-9/h9,12H,2-8H2,1H3,(H,11,13). The molecule has 0 aliphatic heterocycles. The van der Waals surface area contributed by atoms with Crippen LogP contribution in [0, 0.1) is 5.92 Å². The molecule has 0 spiro atoms. The van der Waals surface area contributed by atoms with Gasteiger partial charge in [0.15, 0.2) is 0 Å². The van der Waals surface area contributed by atoms with E-state index in [1.165, 1.54) is 12.8 Å². The van der Waals surface area contributed by atoms with Crippen LogP contribution in [0.4, 0.5) is 0 Å². The van der Waals surface area contributed by atoms with Gasteiger partial charge in [0.05, 0.1) is 6.61 Å². The van der Waals surface area contributed by atoms with Gasteiger partial charge < -0.3 is 15.4 Å². The Morgan fingerprint density at radius 1 is 1.43 bits per heavy atom. The molecule has 0 bridgehead atoms. The summed E-state index contributed by atoms with van der Waals surface area (Å²) in [7, 11) is 1.65. The van der Waals surface area contributed by atoms with Crippen LogP contribution in [0.25, 0.3) is 0 Å². The summed E-state index contributed by atoms with van der Waals surface area (Å²) in [6.45, 7) is 3.23. The van der Waals surface area contributed by atoms with Crippen molar-refractivity contribution >= 4 is 5.91 Å². The molecule has 0 heterocycles. The summed E-state index contributed by atoms with van der Waals surface area (Å²) in [5.41, 5.74) is 0. The van der Waals surface area contributed by atoms with Gasteiger partial charge in [-0.15, -0.1) is 0 Å². The van der Waals surface area contributed by atoms with E-state index in [0.717, 1.165) is 32.2 Å². The minimum absolute atomic E-state index is 0.0800. The van der Waals surface area contributed by atoms with Crippen molar-refractivity contribution in [1.82, 2.24) is 10.6 Å². The molecule has 0 atom stereocenters. The monoisotopic (exact) mass is 200 g/mol. The van der Waals surface area contributed by atoms with Crippen LogP contribution in [0.1, 0.15) is 19.3 Å².